The maximum absolute atomic E-state index is 11.9. The van der Waals surface area contributed by atoms with Crippen LogP contribution in [0.4, 0.5) is 5.82 Å². The van der Waals surface area contributed by atoms with Crippen molar-refractivity contribution in [3.63, 3.8) is 0 Å². The van der Waals surface area contributed by atoms with E-state index in [9.17, 15) is 4.79 Å². The van der Waals surface area contributed by atoms with E-state index < -0.39 is 0 Å². The quantitative estimate of drug-likeness (QED) is 0.831. The number of hydrogen-bond donors (Lipinski definition) is 2. The lowest BCUT2D eigenvalue weighted by molar-refractivity contribution is -0.117. The molecule has 0 radical (unpaired) electrons. The normalized spacial score (nSPS) is 18.0. The summed E-state index contributed by atoms with van der Waals surface area (Å²) in [7, 11) is 0. The first kappa shape index (κ1) is 19.6. The van der Waals surface area contributed by atoms with Crippen LogP contribution in [0.3, 0.4) is 0 Å². The van der Waals surface area contributed by atoms with E-state index in [1.807, 2.05) is 6.07 Å². The molecule has 1 amide bonds. The molecule has 20 heavy (non-hydrogen) atoms. The van der Waals surface area contributed by atoms with Gasteiger partial charge < -0.3 is 11.1 Å². The highest BCUT2D eigenvalue weighted by Gasteiger charge is 2.24. The van der Waals surface area contributed by atoms with Crippen LogP contribution in [-0.4, -0.2) is 41.5 Å². The summed E-state index contributed by atoms with van der Waals surface area (Å²) in [4.78, 5) is 18.1. The first-order valence-electron chi connectivity index (χ1n) is 6.04. The number of nitrogens with two attached hydrogens (primary N) is 1. The molecule has 1 saturated heterocycles. The number of carbonyl (C=O) groups excluding carboxylic acids is 1. The lowest BCUT2D eigenvalue weighted by atomic mass is 10.2. The maximum atomic E-state index is 11.9. The van der Waals surface area contributed by atoms with Gasteiger partial charge in [0.2, 0.25) is 5.91 Å². The monoisotopic (exact) mass is 384 g/mol. The van der Waals surface area contributed by atoms with Crippen LogP contribution in [0.2, 0.25) is 0 Å². The predicted octanol–water partition coefficient (Wildman–Crippen LogP) is 2.05. The van der Waals surface area contributed by atoms with Gasteiger partial charge in [-0.3, -0.25) is 9.69 Å². The molecule has 114 valence electrons. The SMILES string of the molecule is Cl.Cl.NCC1CCCN1CC(=O)Nc1ccc(Br)cn1. The molecule has 0 bridgehead atoms. The van der Waals surface area contributed by atoms with Crippen LogP contribution in [0.15, 0.2) is 22.8 Å². The molecular formula is C12H19BrCl2N4O. The predicted molar refractivity (Wildman–Crippen MR) is 88.7 cm³/mol. The third-order valence-corrected chi connectivity index (χ3v) is 3.58. The van der Waals surface area contributed by atoms with Gasteiger partial charge in [-0.2, -0.15) is 0 Å². The Morgan fingerprint density at radius 3 is 2.85 bits per heavy atom. The first-order valence-corrected chi connectivity index (χ1v) is 6.84. The van der Waals surface area contributed by atoms with Crippen molar-refractivity contribution in [1.29, 1.82) is 0 Å². The number of likely N-dealkylation sites (tertiary alicyclic amines) is 1. The minimum atomic E-state index is -0.0369. The second-order valence-corrected chi connectivity index (χ2v) is 5.33. The van der Waals surface area contributed by atoms with Gasteiger partial charge in [0.05, 0.1) is 6.54 Å². The number of nitrogens with zero attached hydrogens (tertiary/aromatic N) is 2. The Morgan fingerprint density at radius 1 is 1.50 bits per heavy atom. The number of aromatic nitrogens is 1. The zero-order valence-corrected chi connectivity index (χ0v) is 14.1. The number of pyridine rings is 1. The van der Waals surface area contributed by atoms with Crippen LogP contribution in [0.25, 0.3) is 0 Å². The number of carbonyl (C=O) groups is 1. The molecule has 0 aromatic carbocycles. The van der Waals surface area contributed by atoms with Gasteiger partial charge >= 0.3 is 0 Å². The van der Waals surface area contributed by atoms with Crippen molar-refractivity contribution in [1.82, 2.24) is 9.88 Å². The smallest absolute Gasteiger partial charge is 0.239 e. The molecular weight excluding hydrogens is 367 g/mol. The number of nitrogens with one attached hydrogen (secondary N) is 1. The summed E-state index contributed by atoms with van der Waals surface area (Å²) in [6.45, 7) is 1.95. The molecule has 1 unspecified atom stereocenters. The maximum Gasteiger partial charge on any atom is 0.239 e. The Kier molecular flexibility index (Phi) is 9.33. The second-order valence-electron chi connectivity index (χ2n) is 4.41. The Labute approximate surface area is 139 Å². The van der Waals surface area contributed by atoms with E-state index in [0.717, 1.165) is 23.9 Å². The summed E-state index contributed by atoms with van der Waals surface area (Å²) in [5, 5.41) is 2.79. The van der Waals surface area contributed by atoms with Crippen molar-refractivity contribution >= 4 is 52.5 Å². The average molecular weight is 386 g/mol. The van der Waals surface area contributed by atoms with Crippen molar-refractivity contribution in [3.8, 4) is 0 Å². The summed E-state index contributed by atoms with van der Waals surface area (Å²) >= 11 is 3.30. The molecule has 0 spiro atoms. The van der Waals surface area contributed by atoms with Crippen LogP contribution >= 0.6 is 40.7 Å². The van der Waals surface area contributed by atoms with Gasteiger partial charge in [-0.15, -0.1) is 24.8 Å². The van der Waals surface area contributed by atoms with Gasteiger partial charge in [0.15, 0.2) is 0 Å². The van der Waals surface area contributed by atoms with E-state index >= 15 is 0 Å². The molecule has 1 atom stereocenters. The standard InChI is InChI=1S/C12H17BrN4O.2ClH/c13-9-3-4-11(15-7-9)16-12(18)8-17-5-1-2-10(17)6-14;;/h3-4,7,10H,1-2,5-6,8,14H2,(H,15,16,18);2*1H. The number of amides is 1. The molecule has 0 saturated carbocycles. The topological polar surface area (TPSA) is 71.2 Å². The molecule has 2 heterocycles. The van der Waals surface area contributed by atoms with Gasteiger partial charge in [0.1, 0.15) is 5.82 Å². The second kappa shape index (κ2) is 9.52. The Bertz CT molecular complexity index is 418. The fourth-order valence-electron chi connectivity index (χ4n) is 2.19. The zero-order chi connectivity index (χ0) is 13.0. The Morgan fingerprint density at radius 2 is 2.25 bits per heavy atom. The fourth-order valence-corrected chi connectivity index (χ4v) is 2.42. The van der Waals surface area contributed by atoms with Crippen LogP contribution in [0.1, 0.15) is 12.8 Å². The highest BCUT2D eigenvalue weighted by molar-refractivity contribution is 9.10. The molecule has 1 aliphatic heterocycles. The lowest BCUT2D eigenvalue weighted by Gasteiger charge is -2.22. The Hall–Kier alpha value is -0.400. The summed E-state index contributed by atoms with van der Waals surface area (Å²) in [5.74, 6) is 0.539. The highest BCUT2D eigenvalue weighted by Crippen LogP contribution is 2.16. The third-order valence-electron chi connectivity index (χ3n) is 3.11. The largest absolute Gasteiger partial charge is 0.329 e. The van der Waals surface area contributed by atoms with Crippen LogP contribution < -0.4 is 11.1 Å². The van der Waals surface area contributed by atoms with E-state index in [1.165, 1.54) is 0 Å². The van der Waals surface area contributed by atoms with E-state index in [1.54, 1.807) is 12.3 Å². The van der Waals surface area contributed by atoms with Crippen molar-refractivity contribution in [2.75, 3.05) is 25.0 Å². The van der Waals surface area contributed by atoms with Crippen LogP contribution in [0, 0.1) is 0 Å². The van der Waals surface area contributed by atoms with Crippen molar-refractivity contribution in [2.24, 2.45) is 5.73 Å². The van der Waals surface area contributed by atoms with Crippen LogP contribution in [-0.2, 0) is 4.79 Å². The Balaban J connectivity index is 0.00000180. The van der Waals surface area contributed by atoms with E-state index in [2.05, 4.69) is 31.1 Å². The molecule has 2 rings (SSSR count). The number of anilines is 1. The molecule has 5 nitrogen and oxygen atoms in total. The summed E-state index contributed by atoms with van der Waals surface area (Å²) < 4.78 is 0.892. The minimum Gasteiger partial charge on any atom is -0.329 e. The number of hydrogen-bond acceptors (Lipinski definition) is 4. The van der Waals surface area contributed by atoms with E-state index in [4.69, 9.17) is 5.73 Å². The fraction of sp³-hybridized carbons (Fsp3) is 0.500. The molecule has 3 N–H and O–H groups in total. The number of halogens is 3. The summed E-state index contributed by atoms with van der Waals surface area (Å²) in [6.07, 6.45) is 3.86. The molecule has 1 aromatic rings. The van der Waals surface area contributed by atoms with Gasteiger partial charge in [0.25, 0.3) is 0 Å². The summed E-state index contributed by atoms with van der Waals surface area (Å²) in [5.41, 5.74) is 5.68. The highest BCUT2D eigenvalue weighted by atomic mass is 79.9. The lowest BCUT2D eigenvalue weighted by Crippen LogP contribution is -2.40. The molecule has 8 heteroatoms. The molecule has 0 aliphatic carbocycles. The average Bonchev–Trinajstić information content (AvgIpc) is 2.79. The molecule has 1 aliphatic rings. The van der Waals surface area contributed by atoms with Gasteiger partial charge in [0, 0.05) is 23.3 Å². The van der Waals surface area contributed by atoms with E-state index in [-0.39, 0.29) is 30.7 Å². The van der Waals surface area contributed by atoms with Gasteiger partial charge in [-0.1, -0.05) is 0 Å². The van der Waals surface area contributed by atoms with Crippen molar-refractivity contribution in [3.05, 3.63) is 22.8 Å². The molecule has 1 fully saturated rings. The number of rotatable bonds is 4. The first-order chi connectivity index (χ1) is 8.69. The van der Waals surface area contributed by atoms with E-state index in [0.29, 0.717) is 24.9 Å². The van der Waals surface area contributed by atoms with Crippen molar-refractivity contribution in [2.45, 2.75) is 18.9 Å². The zero-order valence-electron chi connectivity index (χ0n) is 10.9. The van der Waals surface area contributed by atoms with Gasteiger partial charge in [-0.05, 0) is 47.4 Å². The van der Waals surface area contributed by atoms with Crippen LogP contribution in [0.5, 0.6) is 0 Å². The third kappa shape index (κ3) is 5.54. The summed E-state index contributed by atoms with van der Waals surface area (Å²) in [6, 6.07) is 3.96. The molecule has 1 aromatic heterocycles. The van der Waals surface area contributed by atoms with Gasteiger partial charge in [-0.25, -0.2) is 4.98 Å². The minimum absolute atomic E-state index is 0. The van der Waals surface area contributed by atoms with Crippen molar-refractivity contribution < 1.29 is 4.79 Å².